The number of ether oxygens (including phenoxy) is 1. The number of aliphatic hydroxyl groups excluding tert-OH is 1. The van der Waals surface area contributed by atoms with Crippen LogP contribution in [0.4, 0.5) is 6.01 Å². The first kappa shape index (κ1) is 21.1. The number of methoxy groups -OCH3 is 1. The summed E-state index contributed by atoms with van der Waals surface area (Å²) >= 11 is 0. The molecule has 158 valence electrons. The molecule has 2 heterocycles. The second-order valence-electron chi connectivity index (χ2n) is 7.76. The van der Waals surface area contributed by atoms with Crippen LogP contribution in [-0.2, 0) is 4.79 Å². The third-order valence-corrected chi connectivity index (χ3v) is 5.47. The van der Waals surface area contributed by atoms with Crippen molar-refractivity contribution in [3.05, 3.63) is 24.3 Å². The summed E-state index contributed by atoms with van der Waals surface area (Å²) in [6.07, 6.45) is 2.05. The summed E-state index contributed by atoms with van der Waals surface area (Å²) in [5, 5.41) is 16.4. The molecule has 1 saturated heterocycles. The first-order chi connectivity index (χ1) is 14.0. The predicted molar refractivity (Wildman–Crippen MR) is 110 cm³/mol. The van der Waals surface area contributed by atoms with Crippen molar-refractivity contribution in [3.63, 3.8) is 0 Å². The van der Waals surface area contributed by atoms with Gasteiger partial charge >= 0.3 is 6.01 Å². The van der Waals surface area contributed by atoms with E-state index in [9.17, 15) is 9.90 Å². The highest BCUT2D eigenvalue weighted by molar-refractivity contribution is 5.79. The molecule has 8 heteroatoms. The van der Waals surface area contributed by atoms with Crippen LogP contribution in [0, 0.1) is 11.8 Å². The van der Waals surface area contributed by atoms with Crippen LogP contribution in [0.1, 0.15) is 33.1 Å². The normalized spacial score (nSPS) is 16.1. The number of anilines is 1. The van der Waals surface area contributed by atoms with E-state index in [1.807, 2.05) is 29.2 Å². The topological polar surface area (TPSA) is 101 Å². The molecule has 0 bridgehead atoms. The van der Waals surface area contributed by atoms with Crippen molar-refractivity contribution in [2.24, 2.45) is 11.8 Å². The number of hydrogen-bond donors (Lipinski definition) is 2. The number of aliphatic hydroxyl groups is 1. The van der Waals surface area contributed by atoms with Gasteiger partial charge in [-0.05, 0) is 49.4 Å². The molecule has 0 spiro atoms. The van der Waals surface area contributed by atoms with Gasteiger partial charge < -0.3 is 24.6 Å². The van der Waals surface area contributed by atoms with E-state index < -0.39 is 0 Å². The molecule has 0 radical (unpaired) electrons. The molecule has 1 atom stereocenters. The fourth-order valence-corrected chi connectivity index (χ4v) is 3.55. The zero-order valence-electron chi connectivity index (χ0n) is 17.3. The molecule has 8 nitrogen and oxygen atoms in total. The van der Waals surface area contributed by atoms with E-state index in [4.69, 9.17) is 9.26 Å². The van der Waals surface area contributed by atoms with Gasteiger partial charge in [-0.25, -0.2) is 0 Å². The van der Waals surface area contributed by atoms with Gasteiger partial charge in [0.15, 0.2) is 0 Å². The molecule has 0 saturated carbocycles. The van der Waals surface area contributed by atoms with Crippen LogP contribution < -0.4 is 15.0 Å². The van der Waals surface area contributed by atoms with E-state index in [1.165, 1.54) is 0 Å². The number of amides is 1. The summed E-state index contributed by atoms with van der Waals surface area (Å²) in [6, 6.07) is 7.99. The number of aromatic nitrogens is 2. The van der Waals surface area contributed by atoms with Crippen molar-refractivity contribution in [3.8, 4) is 17.1 Å². The molecule has 2 aromatic rings. The van der Waals surface area contributed by atoms with Crippen LogP contribution in [0.25, 0.3) is 11.4 Å². The zero-order valence-corrected chi connectivity index (χ0v) is 17.3. The third kappa shape index (κ3) is 5.26. The summed E-state index contributed by atoms with van der Waals surface area (Å²) < 4.78 is 10.6. The van der Waals surface area contributed by atoms with Gasteiger partial charge in [-0.15, -0.1) is 0 Å². The van der Waals surface area contributed by atoms with Crippen LogP contribution in [0.15, 0.2) is 28.8 Å². The molecule has 29 heavy (non-hydrogen) atoms. The lowest BCUT2D eigenvalue weighted by molar-refractivity contribution is -0.126. The number of rotatable bonds is 8. The Balaban J connectivity index is 1.55. The molecule has 0 aliphatic carbocycles. The summed E-state index contributed by atoms with van der Waals surface area (Å²) in [5.41, 5.74) is 0.860. The number of nitrogens with zero attached hydrogens (tertiary/aromatic N) is 3. The van der Waals surface area contributed by atoms with E-state index in [2.05, 4.69) is 29.3 Å². The van der Waals surface area contributed by atoms with E-state index >= 15 is 0 Å². The number of nitrogens with one attached hydrogen (secondary N) is 1. The van der Waals surface area contributed by atoms with Crippen LogP contribution in [-0.4, -0.2) is 54.0 Å². The molecular formula is C21H30N4O4. The van der Waals surface area contributed by atoms with E-state index in [-0.39, 0.29) is 24.5 Å². The lowest BCUT2D eigenvalue weighted by Gasteiger charge is -2.31. The van der Waals surface area contributed by atoms with E-state index in [0.717, 1.165) is 24.2 Å². The highest BCUT2D eigenvalue weighted by atomic mass is 16.5. The van der Waals surface area contributed by atoms with Crippen LogP contribution in [0.2, 0.25) is 0 Å². The van der Waals surface area contributed by atoms with Gasteiger partial charge in [0.05, 0.1) is 7.11 Å². The van der Waals surface area contributed by atoms with Gasteiger partial charge in [-0.1, -0.05) is 19.0 Å². The Morgan fingerprint density at radius 3 is 2.59 bits per heavy atom. The lowest BCUT2D eigenvalue weighted by Crippen LogP contribution is -2.46. The fraction of sp³-hybridized carbons (Fsp3) is 0.571. The summed E-state index contributed by atoms with van der Waals surface area (Å²) in [5.74, 6) is 1.64. The summed E-state index contributed by atoms with van der Waals surface area (Å²) in [7, 11) is 1.63. The standard InChI is InChI=1S/C21H30N4O4/c1-14(2)18(10-13-26)22-20(27)16-8-11-25(12-9-16)21-23-19(24-29-21)15-4-6-17(28-3)7-5-15/h4-7,14,16,18,26H,8-13H2,1-3H3,(H,22,27)/t18-/m0/s1. The Bertz CT molecular complexity index is 782. The van der Waals surface area contributed by atoms with Gasteiger partial charge in [0.25, 0.3) is 0 Å². The second-order valence-corrected chi connectivity index (χ2v) is 7.76. The minimum absolute atomic E-state index is 0.00789. The molecule has 1 aliphatic heterocycles. The smallest absolute Gasteiger partial charge is 0.324 e. The Hall–Kier alpha value is -2.61. The zero-order chi connectivity index (χ0) is 20.8. The number of hydrogen-bond acceptors (Lipinski definition) is 7. The molecule has 1 aromatic carbocycles. The maximum Gasteiger partial charge on any atom is 0.324 e. The number of carbonyl (C=O) groups excluding carboxylic acids is 1. The van der Waals surface area contributed by atoms with Crippen molar-refractivity contribution < 1.29 is 19.2 Å². The van der Waals surface area contributed by atoms with E-state index in [0.29, 0.717) is 37.3 Å². The van der Waals surface area contributed by atoms with Crippen LogP contribution in [0.3, 0.4) is 0 Å². The minimum Gasteiger partial charge on any atom is -0.497 e. The predicted octanol–water partition coefficient (Wildman–Crippen LogP) is 2.48. The minimum atomic E-state index is -0.0322. The van der Waals surface area contributed by atoms with Crippen molar-refractivity contribution in [2.45, 2.75) is 39.2 Å². The van der Waals surface area contributed by atoms with Crippen LogP contribution >= 0.6 is 0 Å². The Morgan fingerprint density at radius 2 is 2.00 bits per heavy atom. The van der Waals surface area contributed by atoms with Crippen molar-refractivity contribution in [1.82, 2.24) is 15.5 Å². The Kier molecular flexibility index (Phi) is 7.09. The number of carbonyl (C=O) groups is 1. The molecule has 1 fully saturated rings. The maximum atomic E-state index is 12.6. The Labute approximate surface area is 171 Å². The van der Waals surface area contributed by atoms with E-state index in [1.54, 1.807) is 7.11 Å². The van der Waals surface area contributed by atoms with Gasteiger partial charge in [0.2, 0.25) is 11.7 Å². The molecule has 1 amide bonds. The first-order valence-electron chi connectivity index (χ1n) is 10.2. The first-order valence-corrected chi connectivity index (χ1v) is 10.2. The lowest BCUT2D eigenvalue weighted by atomic mass is 9.94. The van der Waals surface area contributed by atoms with Crippen LogP contribution in [0.5, 0.6) is 5.75 Å². The van der Waals surface area contributed by atoms with Gasteiger partial charge in [0.1, 0.15) is 5.75 Å². The van der Waals surface area contributed by atoms with Crippen molar-refractivity contribution in [2.75, 3.05) is 31.7 Å². The average Bonchev–Trinajstić information content (AvgIpc) is 3.23. The average molecular weight is 402 g/mol. The highest BCUT2D eigenvalue weighted by Crippen LogP contribution is 2.26. The molecule has 3 rings (SSSR count). The highest BCUT2D eigenvalue weighted by Gasteiger charge is 2.29. The Morgan fingerprint density at radius 1 is 1.31 bits per heavy atom. The maximum absolute atomic E-state index is 12.6. The molecule has 1 aromatic heterocycles. The van der Waals surface area contributed by atoms with Gasteiger partial charge in [0, 0.05) is 37.2 Å². The quantitative estimate of drug-likeness (QED) is 0.699. The summed E-state index contributed by atoms with van der Waals surface area (Å²) in [6.45, 7) is 5.57. The van der Waals surface area contributed by atoms with Gasteiger partial charge in [-0.2, -0.15) is 4.98 Å². The number of benzene rings is 1. The van der Waals surface area contributed by atoms with Gasteiger partial charge in [-0.3, -0.25) is 4.79 Å². The largest absolute Gasteiger partial charge is 0.497 e. The molecule has 2 N–H and O–H groups in total. The summed E-state index contributed by atoms with van der Waals surface area (Å²) in [4.78, 5) is 19.1. The molecule has 1 aliphatic rings. The van der Waals surface area contributed by atoms with Crippen molar-refractivity contribution >= 4 is 11.9 Å². The SMILES string of the molecule is COc1ccc(-c2noc(N3CCC(C(=O)N[C@@H](CCO)C(C)C)CC3)n2)cc1. The fourth-order valence-electron chi connectivity index (χ4n) is 3.55. The molecular weight excluding hydrogens is 372 g/mol. The monoisotopic (exact) mass is 402 g/mol. The van der Waals surface area contributed by atoms with Crippen molar-refractivity contribution in [1.29, 1.82) is 0 Å². The third-order valence-electron chi connectivity index (χ3n) is 5.47. The number of piperidine rings is 1. The molecule has 0 unspecified atom stereocenters. The second kappa shape index (κ2) is 9.73.